The Labute approximate surface area is 110 Å². The van der Waals surface area contributed by atoms with Gasteiger partial charge in [-0.1, -0.05) is 0 Å². The van der Waals surface area contributed by atoms with Crippen molar-refractivity contribution in [2.24, 2.45) is 7.05 Å². The van der Waals surface area contributed by atoms with Gasteiger partial charge in [0.2, 0.25) is 0 Å². The minimum Gasteiger partial charge on any atom is -0.274 e. The highest BCUT2D eigenvalue weighted by atomic mass is 32.2. The second-order valence-corrected chi connectivity index (χ2v) is 5.58. The molecule has 2 heterocycles. The third-order valence-electron chi connectivity index (χ3n) is 2.41. The first-order valence-corrected chi connectivity index (χ1v) is 6.86. The van der Waals surface area contributed by atoms with Gasteiger partial charge in [-0.25, -0.2) is 13.1 Å². The average Bonchev–Trinajstić information content (AvgIpc) is 2.70. The third-order valence-corrected chi connectivity index (χ3v) is 3.84. The zero-order valence-corrected chi connectivity index (χ0v) is 11.2. The number of sulfonamides is 1. The van der Waals surface area contributed by atoms with E-state index in [0.717, 1.165) is 0 Å². The van der Waals surface area contributed by atoms with Crippen molar-refractivity contribution in [3.63, 3.8) is 0 Å². The lowest BCUT2D eigenvalue weighted by atomic mass is 10.3. The first-order chi connectivity index (χ1) is 8.90. The maximum Gasteiger partial charge on any atom is 0.267 e. The summed E-state index contributed by atoms with van der Waals surface area (Å²) >= 11 is 0. The van der Waals surface area contributed by atoms with E-state index in [9.17, 15) is 13.2 Å². The van der Waals surface area contributed by atoms with Crippen LogP contribution in [0.25, 0.3) is 0 Å². The Morgan fingerprint density at radius 2 is 2.16 bits per heavy atom. The van der Waals surface area contributed by atoms with Gasteiger partial charge in [0, 0.05) is 25.6 Å². The van der Waals surface area contributed by atoms with Crippen LogP contribution in [0.3, 0.4) is 0 Å². The first-order valence-electron chi connectivity index (χ1n) is 5.37. The molecule has 2 rings (SSSR count). The summed E-state index contributed by atoms with van der Waals surface area (Å²) in [6.45, 7) is 1.56. The number of aryl methyl sites for hydroxylation is 2. The van der Waals surface area contributed by atoms with Crippen LogP contribution < -0.4 is 4.72 Å². The number of aromatic nitrogens is 3. The summed E-state index contributed by atoms with van der Waals surface area (Å²) in [4.78, 5) is 15.5. The van der Waals surface area contributed by atoms with Crippen LogP contribution in [0.15, 0.2) is 35.6 Å². The van der Waals surface area contributed by atoms with Crippen LogP contribution in [-0.4, -0.2) is 29.1 Å². The highest BCUT2D eigenvalue weighted by Crippen LogP contribution is 2.12. The van der Waals surface area contributed by atoms with Gasteiger partial charge < -0.3 is 0 Å². The fraction of sp³-hybridized carbons (Fsp3) is 0.182. The van der Waals surface area contributed by atoms with Crippen molar-refractivity contribution >= 4 is 15.9 Å². The molecule has 0 saturated heterocycles. The minimum atomic E-state index is -3.93. The van der Waals surface area contributed by atoms with E-state index in [0.29, 0.717) is 5.69 Å². The Hall–Kier alpha value is -2.22. The number of pyridine rings is 1. The molecule has 2 aromatic rings. The van der Waals surface area contributed by atoms with Gasteiger partial charge in [-0.3, -0.25) is 14.5 Å². The SMILES string of the molecule is Cc1nn(C)cc1S(=O)(=O)NC(=O)c1cccnc1. The molecule has 0 atom stereocenters. The van der Waals surface area contributed by atoms with Gasteiger partial charge in [0.15, 0.2) is 0 Å². The molecule has 0 saturated carbocycles. The van der Waals surface area contributed by atoms with Crippen molar-refractivity contribution in [1.82, 2.24) is 19.5 Å². The van der Waals surface area contributed by atoms with Crippen molar-refractivity contribution in [3.05, 3.63) is 42.0 Å². The van der Waals surface area contributed by atoms with Crippen molar-refractivity contribution in [3.8, 4) is 0 Å². The van der Waals surface area contributed by atoms with Crippen molar-refractivity contribution in [2.75, 3.05) is 0 Å². The molecule has 0 fully saturated rings. The fourth-order valence-corrected chi connectivity index (χ4v) is 2.77. The molecular formula is C11H12N4O3S. The van der Waals surface area contributed by atoms with Crippen LogP contribution >= 0.6 is 0 Å². The molecule has 0 radical (unpaired) electrons. The first kappa shape index (κ1) is 13.2. The summed E-state index contributed by atoms with van der Waals surface area (Å²) in [6, 6.07) is 3.03. The molecule has 0 aliphatic carbocycles. The highest BCUT2D eigenvalue weighted by molar-refractivity contribution is 7.90. The quantitative estimate of drug-likeness (QED) is 0.869. The standard InChI is InChI=1S/C11H12N4O3S/c1-8-10(7-15(2)13-8)19(17,18)14-11(16)9-4-3-5-12-6-9/h3-7H,1-2H3,(H,14,16). The highest BCUT2D eigenvalue weighted by Gasteiger charge is 2.22. The van der Waals surface area contributed by atoms with Crippen LogP contribution in [0.4, 0.5) is 0 Å². The van der Waals surface area contributed by atoms with Gasteiger partial charge in [0.1, 0.15) is 4.90 Å². The molecule has 7 nitrogen and oxygen atoms in total. The van der Waals surface area contributed by atoms with Gasteiger partial charge in [-0.2, -0.15) is 5.10 Å². The third kappa shape index (κ3) is 2.79. The van der Waals surface area contributed by atoms with E-state index in [-0.39, 0.29) is 10.5 Å². The van der Waals surface area contributed by atoms with E-state index in [1.54, 1.807) is 20.0 Å². The Bertz CT molecular complexity index is 707. The van der Waals surface area contributed by atoms with Crippen molar-refractivity contribution in [2.45, 2.75) is 11.8 Å². The second kappa shape index (κ2) is 4.81. The molecule has 19 heavy (non-hydrogen) atoms. The van der Waals surface area contributed by atoms with Crippen LogP contribution in [0.2, 0.25) is 0 Å². The Morgan fingerprint density at radius 3 is 2.68 bits per heavy atom. The average molecular weight is 280 g/mol. The van der Waals surface area contributed by atoms with E-state index in [4.69, 9.17) is 0 Å². The molecule has 1 N–H and O–H groups in total. The van der Waals surface area contributed by atoms with Gasteiger partial charge in [-0.15, -0.1) is 0 Å². The number of carbonyl (C=O) groups excluding carboxylic acids is 1. The van der Waals surface area contributed by atoms with E-state index in [1.807, 2.05) is 4.72 Å². The summed E-state index contributed by atoms with van der Waals surface area (Å²) in [5.74, 6) is -0.726. The normalized spacial score (nSPS) is 11.3. The lowest BCUT2D eigenvalue weighted by Gasteiger charge is -2.05. The molecule has 0 aliphatic rings. The summed E-state index contributed by atoms with van der Waals surface area (Å²) in [6.07, 6.45) is 4.13. The number of hydrogen-bond donors (Lipinski definition) is 1. The molecule has 0 bridgehead atoms. The van der Waals surface area contributed by atoms with Crippen LogP contribution in [-0.2, 0) is 17.1 Å². The minimum absolute atomic E-state index is 0.0211. The maximum atomic E-state index is 12.0. The van der Waals surface area contributed by atoms with E-state index < -0.39 is 15.9 Å². The van der Waals surface area contributed by atoms with Crippen LogP contribution in [0, 0.1) is 6.92 Å². The smallest absolute Gasteiger partial charge is 0.267 e. The summed E-state index contributed by atoms with van der Waals surface area (Å²) in [5, 5.41) is 3.93. The van der Waals surface area contributed by atoms with Crippen molar-refractivity contribution < 1.29 is 13.2 Å². The summed E-state index contributed by atoms with van der Waals surface area (Å²) in [7, 11) is -2.32. The molecular weight excluding hydrogens is 268 g/mol. The van der Waals surface area contributed by atoms with E-state index in [2.05, 4.69) is 10.1 Å². The second-order valence-electron chi connectivity index (χ2n) is 3.93. The topological polar surface area (TPSA) is 94.0 Å². The maximum absolute atomic E-state index is 12.0. The van der Waals surface area contributed by atoms with Crippen LogP contribution in [0.5, 0.6) is 0 Å². The Kier molecular flexibility index (Phi) is 3.34. The van der Waals surface area contributed by atoms with Gasteiger partial charge >= 0.3 is 0 Å². The molecule has 100 valence electrons. The van der Waals surface area contributed by atoms with E-state index in [1.165, 1.54) is 29.3 Å². The number of carbonyl (C=O) groups is 1. The van der Waals surface area contributed by atoms with Gasteiger partial charge in [-0.05, 0) is 19.1 Å². The molecule has 8 heteroatoms. The Morgan fingerprint density at radius 1 is 1.42 bits per heavy atom. The molecule has 0 unspecified atom stereocenters. The summed E-state index contributed by atoms with van der Waals surface area (Å²) < 4.78 is 27.4. The van der Waals surface area contributed by atoms with Crippen LogP contribution in [0.1, 0.15) is 16.1 Å². The molecule has 1 amide bonds. The number of rotatable bonds is 3. The fourth-order valence-electron chi connectivity index (χ4n) is 1.57. The predicted octanol–water partition coefficient (Wildman–Crippen LogP) is 0.242. The van der Waals surface area contributed by atoms with E-state index >= 15 is 0 Å². The monoisotopic (exact) mass is 280 g/mol. The zero-order valence-electron chi connectivity index (χ0n) is 10.4. The predicted molar refractivity (Wildman–Crippen MR) is 66.8 cm³/mol. The lowest BCUT2D eigenvalue weighted by molar-refractivity contribution is 0.0981. The lowest BCUT2D eigenvalue weighted by Crippen LogP contribution is -2.30. The molecule has 2 aromatic heterocycles. The molecule has 0 aromatic carbocycles. The van der Waals surface area contributed by atoms with Gasteiger partial charge in [0.05, 0.1) is 11.3 Å². The largest absolute Gasteiger partial charge is 0.274 e. The number of nitrogens with zero attached hydrogens (tertiary/aromatic N) is 3. The molecule has 0 aliphatic heterocycles. The number of hydrogen-bond acceptors (Lipinski definition) is 5. The zero-order chi connectivity index (χ0) is 14.0. The summed E-state index contributed by atoms with van der Waals surface area (Å²) in [5.41, 5.74) is 0.501. The van der Waals surface area contributed by atoms with Gasteiger partial charge in [0.25, 0.3) is 15.9 Å². The van der Waals surface area contributed by atoms with Crippen molar-refractivity contribution in [1.29, 1.82) is 0 Å². The number of nitrogens with one attached hydrogen (secondary N) is 1. The number of amides is 1. The molecule has 0 spiro atoms. The Balaban J connectivity index is 2.28.